The third-order valence-electron chi connectivity index (χ3n) is 5.99. The van der Waals surface area contributed by atoms with Crippen LogP contribution < -0.4 is 11.2 Å². The van der Waals surface area contributed by atoms with Crippen molar-refractivity contribution in [2.45, 2.75) is 38.5 Å². The average Bonchev–Trinajstić information content (AvgIpc) is 3.50. The van der Waals surface area contributed by atoms with Crippen molar-refractivity contribution >= 4 is 22.9 Å². The van der Waals surface area contributed by atoms with Crippen molar-refractivity contribution < 1.29 is 14.7 Å². The molecule has 1 saturated heterocycles. The summed E-state index contributed by atoms with van der Waals surface area (Å²) in [4.78, 5) is 57.5. The van der Waals surface area contributed by atoms with Gasteiger partial charge in [-0.25, -0.2) is 9.78 Å². The molecule has 0 spiro atoms. The van der Waals surface area contributed by atoms with Crippen LogP contribution in [0.4, 0.5) is 0 Å². The van der Waals surface area contributed by atoms with E-state index in [1.54, 1.807) is 17.9 Å². The second kappa shape index (κ2) is 6.29. The lowest BCUT2D eigenvalue weighted by Crippen LogP contribution is -2.45. The molecule has 1 saturated carbocycles. The van der Waals surface area contributed by atoms with Gasteiger partial charge in [-0.1, -0.05) is 0 Å². The number of carboxylic acids is 1. The van der Waals surface area contributed by atoms with Crippen molar-refractivity contribution in [2.75, 3.05) is 13.1 Å². The fraction of sp³-hybridized carbons (Fsp3) is 0.526. The predicted molar refractivity (Wildman–Crippen MR) is 100 cm³/mol. The monoisotopic (exact) mass is 386 g/mol. The van der Waals surface area contributed by atoms with E-state index in [-0.39, 0.29) is 28.4 Å². The number of amides is 1. The molecule has 148 valence electrons. The zero-order valence-corrected chi connectivity index (χ0v) is 15.8. The first-order chi connectivity index (χ1) is 13.2. The van der Waals surface area contributed by atoms with Gasteiger partial charge in [0.05, 0.1) is 16.4 Å². The van der Waals surface area contributed by atoms with Gasteiger partial charge >= 0.3 is 11.7 Å². The van der Waals surface area contributed by atoms with Crippen molar-refractivity contribution in [1.82, 2.24) is 19.4 Å². The number of nitrogens with one attached hydrogen (secondary N) is 1. The molecule has 0 radical (unpaired) electrons. The maximum atomic E-state index is 13.2. The van der Waals surface area contributed by atoms with Crippen molar-refractivity contribution in [1.29, 1.82) is 0 Å². The predicted octanol–water partition coefficient (Wildman–Crippen LogP) is 0.826. The Bertz CT molecular complexity index is 1100. The highest BCUT2D eigenvalue weighted by molar-refractivity contribution is 6.05. The molecule has 4 rings (SSSR count). The third kappa shape index (κ3) is 2.90. The van der Waals surface area contributed by atoms with E-state index in [0.717, 1.165) is 12.8 Å². The maximum absolute atomic E-state index is 13.2. The largest absolute Gasteiger partial charge is 0.481 e. The number of aliphatic carboxylic acids is 1. The molecular formula is C19H22N4O5. The Hall–Kier alpha value is -2.97. The Morgan fingerprint density at radius 1 is 1.25 bits per heavy atom. The fourth-order valence-corrected chi connectivity index (χ4v) is 3.70. The SMILES string of the molecule is Cn1c(=O)[nH]c(=O)c2c(C(=O)N3CCC(C)(C(=O)O)CC3)cc(C3CC3)nc21. The van der Waals surface area contributed by atoms with Gasteiger partial charge in [0.15, 0.2) is 0 Å². The number of fused-ring (bicyclic) bond motifs is 1. The van der Waals surface area contributed by atoms with E-state index < -0.39 is 22.6 Å². The lowest BCUT2D eigenvalue weighted by atomic mass is 9.80. The Kier molecular flexibility index (Phi) is 4.13. The summed E-state index contributed by atoms with van der Waals surface area (Å²) >= 11 is 0. The van der Waals surface area contributed by atoms with Gasteiger partial charge < -0.3 is 10.0 Å². The van der Waals surface area contributed by atoms with Crippen LogP contribution in [0.3, 0.4) is 0 Å². The summed E-state index contributed by atoms with van der Waals surface area (Å²) in [5.74, 6) is -0.954. The Labute approximate surface area is 160 Å². The molecule has 1 aliphatic carbocycles. The average molecular weight is 386 g/mol. The number of aromatic nitrogens is 3. The van der Waals surface area contributed by atoms with Crippen LogP contribution >= 0.6 is 0 Å². The molecule has 3 heterocycles. The summed E-state index contributed by atoms with van der Waals surface area (Å²) < 4.78 is 1.25. The van der Waals surface area contributed by atoms with Crippen LogP contribution in [-0.2, 0) is 11.8 Å². The van der Waals surface area contributed by atoms with E-state index in [1.165, 1.54) is 11.6 Å². The van der Waals surface area contributed by atoms with E-state index in [4.69, 9.17) is 0 Å². The van der Waals surface area contributed by atoms with E-state index in [0.29, 0.717) is 31.6 Å². The normalized spacial score (nSPS) is 19.0. The Balaban J connectivity index is 1.79. The van der Waals surface area contributed by atoms with E-state index in [1.807, 2.05) is 0 Å². The minimum Gasteiger partial charge on any atom is -0.481 e. The Morgan fingerprint density at radius 2 is 1.89 bits per heavy atom. The molecule has 2 fully saturated rings. The highest BCUT2D eigenvalue weighted by atomic mass is 16.4. The van der Waals surface area contributed by atoms with Gasteiger partial charge in [-0.2, -0.15) is 0 Å². The number of nitrogens with zero attached hydrogens (tertiary/aromatic N) is 3. The van der Waals surface area contributed by atoms with Crippen LogP contribution in [0, 0.1) is 5.41 Å². The summed E-state index contributed by atoms with van der Waals surface area (Å²) in [5.41, 5.74) is -0.923. The van der Waals surface area contributed by atoms with Crippen LogP contribution in [0.2, 0.25) is 0 Å². The number of H-pyrrole nitrogens is 1. The molecule has 9 nitrogen and oxygen atoms in total. The Morgan fingerprint density at radius 3 is 2.46 bits per heavy atom. The first-order valence-corrected chi connectivity index (χ1v) is 9.38. The first-order valence-electron chi connectivity index (χ1n) is 9.38. The van der Waals surface area contributed by atoms with Crippen LogP contribution in [-0.4, -0.2) is 49.5 Å². The van der Waals surface area contributed by atoms with Gasteiger partial charge in [0, 0.05) is 31.7 Å². The molecule has 9 heteroatoms. The molecule has 2 aliphatic rings. The second-order valence-corrected chi connectivity index (χ2v) is 8.04. The maximum Gasteiger partial charge on any atom is 0.329 e. The van der Waals surface area contributed by atoms with Crippen LogP contribution in [0.15, 0.2) is 15.7 Å². The molecule has 0 aromatic carbocycles. The van der Waals surface area contributed by atoms with Crippen molar-refractivity contribution in [2.24, 2.45) is 12.5 Å². The number of aryl methyl sites for hydroxylation is 1. The molecule has 1 amide bonds. The van der Waals surface area contributed by atoms with Gasteiger partial charge in [-0.05, 0) is 38.7 Å². The third-order valence-corrected chi connectivity index (χ3v) is 5.99. The smallest absolute Gasteiger partial charge is 0.329 e. The number of pyridine rings is 1. The number of hydrogen-bond donors (Lipinski definition) is 2. The van der Waals surface area contributed by atoms with E-state index in [9.17, 15) is 24.3 Å². The minimum atomic E-state index is -0.864. The first kappa shape index (κ1) is 18.4. The molecule has 2 aromatic rings. The number of hydrogen-bond acceptors (Lipinski definition) is 5. The summed E-state index contributed by atoms with van der Waals surface area (Å²) in [6.45, 7) is 2.28. The summed E-state index contributed by atoms with van der Waals surface area (Å²) in [7, 11) is 1.51. The quantitative estimate of drug-likeness (QED) is 0.805. The van der Waals surface area contributed by atoms with Gasteiger partial charge in [-0.15, -0.1) is 0 Å². The van der Waals surface area contributed by atoms with Crippen molar-refractivity contribution in [3.8, 4) is 0 Å². The molecule has 2 N–H and O–H groups in total. The molecule has 0 unspecified atom stereocenters. The van der Waals surface area contributed by atoms with E-state index >= 15 is 0 Å². The standard InChI is InChI=1S/C19H22N4O5/c1-19(17(26)27)5-7-23(8-6-19)16(25)11-9-12(10-3-4-10)20-14-13(11)15(24)21-18(28)22(14)2/h9-10H,3-8H2,1-2H3,(H,26,27)(H,21,24,28). The topological polar surface area (TPSA) is 125 Å². The van der Waals surface area contributed by atoms with E-state index in [2.05, 4.69) is 9.97 Å². The number of likely N-dealkylation sites (tertiary alicyclic amines) is 1. The summed E-state index contributed by atoms with van der Waals surface area (Å²) in [6.07, 6.45) is 2.62. The van der Waals surface area contributed by atoms with Gasteiger partial charge in [0.25, 0.3) is 11.5 Å². The van der Waals surface area contributed by atoms with Crippen molar-refractivity contribution in [3.05, 3.63) is 38.2 Å². The lowest BCUT2D eigenvalue weighted by Gasteiger charge is -2.36. The number of carbonyl (C=O) groups excluding carboxylic acids is 1. The minimum absolute atomic E-state index is 0.100. The molecular weight excluding hydrogens is 364 g/mol. The number of carbonyl (C=O) groups is 2. The zero-order valence-electron chi connectivity index (χ0n) is 15.8. The number of piperidine rings is 1. The molecule has 1 aliphatic heterocycles. The highest BCUT2D eigenvalue weighted by Gasteiger charge is 2.39. The van der Waals surface area contributed by atoms with Crippen LogP contribution in [0.1, 0.15) is 54.6 Å². The molecule has 28 heavy (non-hydrogen) atoms. The second-order valence-electron chi connectivity index (χ2n) is 8.04. The molecule has 2 aromatic heterocycles. The van der Waals surface area contributed by atoms with Gasteiger partial charge in [0.2, 0.25) is 0 Å². The molecule has 0 atom stereocenters. The lowest BCUT2D eigenvalue weighted by molar-refractivity contribution is -0.150. The van der Waals surface area contributed by atoms with Crippen LogP contribution in [0.25, 0.3) is 11.0 Å². The van der Waals surface area contributed by atoms with Crippen LogP contribution in [0.5, 0.6) is 0 Å². The number of rotatable bonds is 3. The van der Waals surface area contributed by atoms with Gasteiger partial charge in [-0.3, -0.25) is 23.9 Å². The number of carboxylic acid groups (broad SMARTS) is 1. The molecule has 0 bridgehead atoms. The zero-order chi connectivity index (χ0) is 20.2. The number of aromatic amines is 1. The van der Waals surface area contributed by atoms with Crippen molar-refractivity contribution in [3.63, 3.8) is 0 Å². The fourth-order valence-electron chi connectivity index (χ4n) is 3.70. The van der Waals surface area contributed by atoms with Gasteiger partial charge in [0.1, 0.15) is 5.65 Å². The summed E-state index contributed by atoms with van der Waals surface area (Å²) in [6, 6.07) is 1.66. The highest BCUT2D eigenvalue weighted by Crippen LogP contribution is 2.40. The summed E-state index contributed by atoms with van der Waals surface area (Å²) in [5, 5.41) is 9.49.